The zero-order valence-corrected chi connectivity index (χ0v) is 13.4. The number of hydrogen-bond donors (Lipinski definition) is 1. The van der Waals surface area contributed by atoms with Crippen molar-refractivity contribution in [1.82, 2.24) is 10.2 Å². The number of fused-ring (bicyclic) bond motifs is 1. The molecule has 2 aromatic rings. The fraction of sp³-hybridized carbons (Fsp3) is 0.286. The predicted octanol–water partition coefficient (Wildman–Crippen LogP) is 2.37. The molecule has 1 N–H and O–H groups in total. The maximum Gasteiger partial charge on any atom is 0.339 e. The van der Waals surface area contributed by atoms with Crippen molar-refractivity contribution in [3.8, 4) is 0 Å². The van der Waals surface area contributed by atoms with Gasteiger partial charge in [-0.2, -0.15) is 0 Å². The summed E-state index contributed by atoms with van der Waals surface area (Å²) in [5.41, 5.74) is 1.34. The molecule has 0 saturated carbocycles. The van der Waals surface area contributed by atoms with E-state index in [-0.39, 0.29) is 5.91 Å². The van der Waals surface area contributed by atoms with Crippen molar-refractivity contribution in [2.75, 3.05) is 11.1 Å². The molecule has 0 saturated heterocycles. The van der Waals surface area contributed by atoms with Gasteiger partial charge >= 0.3 is 5.97 Å². The van der Waals surface area contributed by atoms with E-state index in [0.717, 1.165) is 15.7 Å². The second kappa shape index (κ2) is 6.45. The molecular weight excluding hydrogens is 322 g/mol. The van der Waals surface area contributed by atoms with Gasteiger partial charge in [-0.25, -0.2) is 4.79 Å². The van der Waals surface area contributed by atoms with Crippen LogP contribution in [0.1, 0.15) is 22.8 Å². The third kappa shape index (κ3) is 3.12. The summed E-state index contributed by atoms with van der Waals surface area (Å²) in [7, 11) is 0. The summed E-state index contributed by atoms with van der Waals surface area (Å²) in [6.45, 7) is 2.02. The number of ether oxygens (including phenoxy) is 1. The van der Waals surface area contributed by atoms with Crippen LogP contribution in [-0.4, -0.2) is 33.9 Å². The lowest BCUT2D eigenvalue weighted by Gasteiger charge is -2.23. The summed E-state index contributed by atoms with van der Waals surface area (Å²) < 4.78 is 6.00. The van der Waals surface area contributed by atoms with Gasteiger partial charge in [0.2, 0.25) is 5.13 Å². The van der Waals surface area contributed by atoms with Gasteiger partial charge in [-0.3, -0.25) is 10.1 Å². The van der Waals surface area contributed by atoms with E-state index >= 15 is 0 Å². The van der Waals surface area contributed by atoms with Gasteiger partial charge in [0.05, 0.1) is 5.56 Å². The SMILES string of the molecule is CCSc1nnc(NC(=O)[C@H]2Cc3ccccc3C(=O)O2)s1. The lowest BCUT2D eigenvalue weighted by Crippen LogP contribution is -2.37. The lowest BCUT2D eigenvalue weighted by molar-refractivity contribution is -0.125. The molecule has 1 aliphatic rings. The van der Waals surface area contributed by atoms with E-state index in [2.05, 4.69) is 15.5 Å². The summed E-state index contributed by atoms with van der Waals surface area (Å²) in [6.07, 6.45) is -0.475. The third-order valence-electron chi connectivity index (χ3n) is 3.09. The van der Waals surface area contributed by atoms with Crippen molar-refractivity contribution < 1.29 is 14.3 Å². The number of amides is 1. The summed E-state index contributed by atoms with van der Waals surface area (Å²) in [5.74, 6) is 0.0353. The number of aromatic nitrogens is 2. The topological polar surface area (TPSA) is 81.2 Å². The molecule has 0 radical (unpaired) electrons. The maximum atomic E-state index is 12.2. The van der Waals surface area contributed by atoms with Gasteiger partial charge in [0, 0.05) is 6.42 Å². The van der Waals surface area contributed by atoms with Crippen molar-refractivity contribution in [1.29, 1.82) is 0 Å². The zero-order valence-electron chi connectivity index (χ0n) is 11.7. The van der Waals surface area contributed by atoms with Crippen molar-refractivity contribution in [2.24, 2.45) is 0 Å². The van der Waals surface area contributed by atoms with Crippen molar-refractivity contribution in [3.05, 3.63) is 35.4 Å². The minimum atomic E-state index is -0.839. The van der Waals surface area contributed by atoms with Crippen molar-refractivity contribution in [3.63, 3.8) is 0 Å². The summed E-state index contributed by atoms with van der Waals surface area (Å²) in [5, 5.41) is 10.9. The van der Waals surface area contributed by atoms with Gasteiger partial charge < -0.3 is 4.74 Å². The molecule has 1 aromatic carbocycles. The molecule has 3 rings (SSSR count). The normalized spacial score (nSPS) is 16.8. The molecule has 2 heterocycles. The second-order valence-corrected chi connectivity index (χ2v) is 7.04. The summed E-state index contributed by atoms with van der Waals surface area (Å²) >= 11 is 2.86. The number of thioether (sulfide) groups is 1. The molecule has 22 heavy (non-hydrogen) atoms. The van der Waals surface area contributed by atoms with Crippen LogP contribution in [0.15, 0.2) is 28.6 Å². The number of hydrogen-bond acceptors (Lipinski definition) is 7. The fourth-order valence-corrected chi connectivity index (χ4v) is 3.76. The van der Waals surface area contributed by atoms with Crippen molar-refractivity contribution in [2.45, 2.75) is 23.8 Å². The fourth-order valence-electron chi connectivity index (χ4n) is 2.11. The number of cyclic esters (lactones) is 1. The largest absolute Gasteiger partial charge is 0.448 e. The quantitative estimate of drug-likeness (QED) is 0.525. The summed E-state index contributed by atoms with van der Waals surface area (Å²) in [4.78, 5) is 24.1. The lowest BCUT2D eigenvalue weighted by atomic mass is 9.98. The minimum absolute atomic E-state index is 0.364. The Bertz CT molecular complexity index is 717. The Morgan fingerprint density at radius 3 is 3.09 bits per heavy atom. The third-order valence-corrected chi connectivity index (χ3v) is 4.94. The molecule has 114 valence electrons. The molecule has 0 unspecified atom stereocenters. The van der Waals surface area contributed by atoms with E-state index < -0.39 is 12.1 Å². The highest BCUT2D eigenvalue weighted by Crippen LogP contribution is 2.26. The van der Waals surface area contributed by atoms with Crippen LogP contribution in [0.3, 0.4) is 0 Å². The van der Waals surface area contributed by atoms with Gasteiger partial charge in [0.1, 0.15) is 0 Å². The Labute approximate surface area is 135 Å². The molecule has 0 bridgehead atoms. The molecule has 6 nitrogen and oxygen atoms in total. The molecule has 1 aromatic heterocycles. The number of benzene rings is 1. The Hall–Kier alpha value is -1.93. The van der Waals surface area contributed by atoms with Crippen LogP contribution < -0.4 is 5.32 Å². The smallest absolute Gasteiger partial charge is 0.339 e. The minimum Gasteiger partial charge on any atom is -0.448 e. The van der Waals surface area contributed by atoms with Gasteiger partial charge in [0.15, 0.2) is 10.4 Å². The number of carbonyl (C=O) groups is 2. The van der Waals surface area contributed by atoms with Crippen LogP contribution in [-0.2, 0) is 16.0 Å². The van der Waals surface area contributed by atoms with Crippen molar-refractivity contribution >= 4 is 40.1 Å². The highest BCUT2D eigenvalue weighted by molar-refractivity contribution is 8.01. The first kappa shape index (κ1) is 15.0. The standard InChI is InChI=1S/C14H13N3O3S2/c1-2-21-14-17-16-13(22-14)15-11(18)10-7-8-5-3-4-6-9(8)12(19)20-10/h3-6,10H,2,7H2,1H3,(H,15,16,18)/t10-/m1/s1. The molecule has 0 spiro atoms. The number of nitrogens with zero attached hydrogens (tertiary/aromatic N) is 2. The van der Waals surface area contributed by atoms with Crippen LogP contribution in [0.2, 0.25) is 0 Å². The first-order chi connectivity index (χ1) is 10.7. The van der Waals surface area contributed by atoms with Crippen LogP contribution in [0.25, 0.3) is 0 Å². The first-order valence-electron chi connectivity index (χ1n) is 6.73. The average molecular weight is 335 g/mol. The highest BCUT2D eigenvalue weighted by Gasteiger charge is 2.31. The van der Waals surface area contributed by atoms with E-state index in [1.807, 2.05) is 19.1 Å². The molecule has 0 aliphatic carbocycles. The molecule has 8 heteroatoms. The monoisotopic (exact) mass is 335 g/mol. The zero-order chi connectivity index (χ0) is 15.5. The van der Waals surface area contributed by atoms with E-state index in [0.29, 0.717) is 17.1 Å². The van der Waals surface area contributed by atoms with E-state index in [9.17, 15) is 9.59 Å². The van der Waals surface area contributed by atoms with E-state index in [1.165, 1.54) is 11.3 Å². The van der Waals surface area contributed by atoms with Crippen LogP contribution in [0.4, 0.5) is 5.13 Å². The molecule has 1 amide bonds. The van der Waals surface area contributed by atoms with Gasteiger partial charge in [-0.05, 0) is 17.4 Å². The Kier molecular flexibility index (Phi) is 4.39. The molecular formula is C14H13N3O3S2. The number of carbonyl (C=O) groups excluding carboxylic acids is 2. The molecule has 1 aliphatic heterocycles. The Balaban J connectivity index is 1.69. The highest BCUT2D eigenvalue weighted by atomic mass is 32.2. The number of anilines is 1. The van der Waals surface area contributed by atoms with E-state index in [4.69, 9.17) is 4.74 Å². The van der Waals surface area contributed by atoms with Crippen LogP contribution >= 0.6 is 23.1 Å². The first-order valence-corrected chi connectivity index (χ1v) is 8.53. The number of rotatable bonds is 4. The molecule has 1 atom stereocenters. The predicted molar refractivity (Wildman–Crippen MR) is 84.3 cm³/mol. The Morgan fingerprint density at radius 2 is 2.27 bits per heavy atom. The van der Waals surface area contributed by atoms with Gasteiger partial charge in [-0.1, -0.05) is 48.2 Å². The van der Waals surface area contributed by atoms with E-state index in [1.54, 1.807) is 23.9 Å². The number of esters is 1. The average Bonchev–Trinajstić information content (AvgIpc) is 2.95. The van der Waals surface area contributed by atoms with Crippen LogP contribution in [0.5, 0.6) is 0 Å². The molecule has 0 fully saturated rings. The van der Waals surface area contributed by atoms with Gasteiger partial charge in [-0.15, -0.1) is 10.2 Å². The maximum absolute atomic E-state index is 12.2. The number of nitrogens with one attached hydrogen (secondary N) is 1. The van der Waals surface area contributed by atoms with Crippen LogP contribution in [0, 0.1) is 0 Å². The van der Waals surface area contributed by atoms with Gasteiger partial charge in [0.25, 0.3) is 5.91 Å². The second-order valence-electron chi connectivity index (χ2n) is 4.55. The Morgan fingerprint density at radius 1 is 1.45 bits per heavy atom. The summed E-state index contributed by atoms with van der Waals surface area (Å²) in [6, 6.07) is 7.14.